The van der Waals surface area contributed by atoms with Crippen molar-refractivity contribution in [2.24, 2.45) is 0 Å². The molecule has 19 nitrogen and oxygen atoms in total. The van der Waals surface area contributed by atoms with Gasteiger partial charge in [-0.3, -0.25) is 24.5 Å². The summed E-state index contributed by atoms with van der Waals surface area (Å²) in [6.45, 7) is 1.79. The lowest BCUT2D eigenvalue weighted by atomic mass is 10.0. The van der Waals surface area contributed by atoms with Crippen LogP contribution in [0.2, 0.25) is 0 Å². The number of nitrogens with one attached hydrogen (secondary N) is 2. The second-order valence-electron chi connectivity index (χ2n) is 20.7. The van der Waals surface area contributed by atoms with Crippen LogP contribution in [-0.2, 0) is 41.9 Å². The number of carbonyl (C=O) groups excluding carboxylic acids is 2. The molecule has 2 amide bonds. The Hall–Kier alpha value is -11.1. The van der Waals surface area contributed by atoms with Crippen LogP contribution in [0.5, 0.6) is 28.7 Å². The van der Waals surface area contributed by atoms with Crippen molar-refractivity contribution in [3.8, 4) is 28.7 Å². The molecule has 0 spiro atoms. The molecule has 470 valence electrons. The van der Waals surface area contributed by atoms with E-state index < -0.39 is 11.9 Å². The molecule has 11 aromatic rings. The van der Waals surface area contributed by atoms with Crippen molar-refractivity contribution < 1.29 is 66.2 Å². The van der Waals surface area contributed by atoms with Gasteiger partial charge in [0.05, 0.1) is 27.4 Å². The summed E-state index contributed by atoms with van der Waals surface area (Å²) in [5.41, 5.74) is 8.46. The van der Waals surface area contributed by atoms with Crippen LogP contribution in [0.1, 0.15) is 76.0 Å². The smallest absolute Gasteiger partial charge is 0.358 e. The Balaban J connectivity index is 0.000000165. The number of methoxy groups -OCH3 is 4. The van der Waals surface area contributed by atoms with Crippen LogP contribution in [0.15, 0.2) is 177 Å². The summed E-state index contributed by atoms with van der Waals surface area (Å²) in [4.78, 5) is 62.4. The Morgan fingerprint density at radius 2 is 0.750 bits per heavy atom. The summed E-state index contributed by atoms with van der Waals surface area (Å²) in [5.74, 6) is -1.26. The molecule has 6 heterocycles. The molecule has 0 bridgehead atoms. The number of benzene rings is 5. The zero-order chi connectivity index (χ0) is 64.9. The Labute approximate surface area is 526 Å². The van der Waals surface area contributed by atoms with E-state index in [4.69, 9.17) is 28.4 Å². The van der Waals surface area contributed by atoms with Crippen molar-refractivity contribution in [3.63, 3.8) is 0 Å². The fourth-order valence-corrected chi connectivity index (χ4v) is 9.38. The molecule has 4 N–H and O–H groups in total. The molecule has 0 atom stereocenters. The average Bonchev–Trinajstić information content (AvgIpc) is 0.820. The Kier molecular flexibility index (Phi) is 22.6. The highest BCUT2D eigenvalue weighted by Gasteiger charge is 2.22. The van der Waals surface area contributed by atoms with Crippen LogP contribution in [0, 0.1) is 17.5 Å². The summed E-state index contributed by atoms with van der Waals surface area (Å²) in [7, 11) is 6.29. The second-order valence-corrected chi connectivity index (χ2v) is 20.7. The largest absolute Gasteiger partial charge is 0.504 e. The summed E-state index contributed by atoms with van der Waals surface area (Å²) >= 11 is 0. The number of hydrogen-bond acceptors (Lipinski definition) is 16. The molecule has 6 aromatic heterocycles. The van der Waals surface area contributed by atoms with Crippen LogP contribution >= 0.6 is 0 Å². The van der Waals surface area contributed by atoms with Crippen LogP contribution in [0.3, 0.4) is 0 Å². The normalized spacial score (nSPS) is 10.8. The molecule has 0 unspecified atom stereocenters. The van der Waals surface area contributed by atoms with Gasteiger partial charge >= 0.3 is 5.97 Å². The summed E-state index contributed by atoms with van der Waals surface area (Å²) in [6, 6.07) is 39.3. The molecule has 92 heavy (non-hydrogen) atoms. The highest BCUT2D eigenvalue weighted by molar-refractivity contribution is 6.01. The first kappa shape index (κ1) is 65.3. The number of aromatic nitrogens is 6. The first-order chi connectivity index (χ1) is 44.7. The number of rotatable bonds is 23. The fraction of sp³-hybridized carbons (Fsp3) is 0.186. The SMILES string of the molecule is COCCNC(=O)c1ncc2cc(Cc3ccc(F)cc3)cnc2c1O.COCCNC(=O)c1ncc2cc(Cc3ccc(F)cc3)cnc2c1OCc1ccc(OC)cc1.COc1ccc(COc2c(C(=O)O)ncc3cc(Cc4ccc(F)cc4)cnc23)cc1. The third-order valence-electron chi connectivity index (χ3n) is 14.1. The minimum absolute atomic E-state index is 0.0765. The van der Waals surface area contributed by atoms with E-state index in [1.807, 2.05) is 54.6 Å². The van der Waals surface area contributed by atoms with Crippen LogP contribution in [-0.4, -0.2) is 113 Å². The molecule has 0 aliphatic carbocycles. The fourth-order valence-electron chi connectivity index (χ4n) is 9.38. The average molecular weight is 1250 g/mol. The van der Waals surface area contributed by atoms with Crippen molar-refractivity contribution in [1.29, 1.82) is 0 Å². The lowest BCUT2D eigenvalue weighted by Gasteiger charge is -2.14. The molecule has 5 aromatic carbocycles. The molecule has 0 fully saturated rings. The number of nitrogens with zero attached hydrogens (tertiary/aromatic N) is 6. The van der Waals surface area contributed by atoms with Gasteiger partial charge in [-0.15, -0.1) is 0 Å². The van der Waals surface area contributed by atoms with Crippen molar-refractivity contribution in [2.75, 3.05) is 54.7 Å². The predicted molar refractivity (Wildman–Crippen MR) is 338 cm³/mol. The zero-order valence-electron chi connectivity index (χ0n) is 50.5. The Morgan fingerprint density at radius 1 is 0.413 bits per heavy atom. The van der Waals surface area contributed by atoms with E-state index >= 15 is 0 Å². The van der Waals surface area contributed by atoms with Gasteiger partial charge in [0.25, 0.3) is 11.8 Å². The van der Waals surface area contributed by atoms with Gasteiger partial charge in [0.15, 0.2) is 34.3 Å². The quantitative estimate of drug-likeness (QED) is 0.0435. The molecule has 0 saturated heterocycles. The maximum absolute atomic E-state index is 13.2. The maximum atomic E-state index is 13.2. The molecule has 0 aliphatic heterocycles. The van der Waals surface area contributed by atoms with Gasteiger partial charge in [-0.2, -0.15) is 0 Å². The molecule has 0 radical (unpaired) electrons. The number of carbonyl (C=O) groups is 3. The zero-order valence-corrected chi connectivity index (χ0v) is 50.5. The highest BCUT2D eigenvalue weighted by atomic mass is 19.1. The first-order valence-corrected chi connectivity index (χ1v) is 28.7. The van der Waals surface area contributed by atoms with Crippen LogP contribution in [0.4, 0.5) is 13.2 Å². The molecular weight excluding hydrogens is 1190 g/mol. The monoisotopic (exact) mass is 1250 g/mol. The number of hydrogen-bond donors (Lipinski definition) is 4. The second kappa shape index (κ2) is 31.9. The topological polar surface area (TPSA) is 248 Å². The molecule has 22 heteroatoms. The van der Waals surface area contributed by atoms with E-state index in [1.165, 1.54) is 55.9 Å². The van der Waals surface area contributed by atoms with E-state index in [0.29, 0.717) is 78.6 Å². The molecule has 11 rings (SSSR count). The van der Waals surface area contributed by atoms with Gasteiger partial charge in [-0.25, -0.2) is 32.9 Å². The number of amides is 2. The number of fused-ring (bicyclic) bond motifs is 3. The Bertz CT molecular complexity index is 4320. The van der Waals surface area contributed by atoms with E-state index in [9.17, 15) is 37.8 Å². The molecule has 0 aliphatic rings. The lowest BCUT2D eigenvalue weighted by Crippen LogP contribution is -2.28. The number of pyridine rings is 6. The minimum atomic E-state index is -1.19. The third kappa shape index (κ3) is 17.6. The standard InChI is InChI=1S/C27H26FN3O4.C24H19FN2O4.C19H18FN3O3/c1-33-12-11-29-27(32)25-26(35-17-19-5-9-23(34-2)10-6-19)24-21(16-31-25)14-20(15-30-24)13-18-3-7-22(28)8-4-18;1-30-20-8-4-16(5-9-20)14-31-23-21-18(13-27-22(23)24(28)29)11-17(12-26-21)10-15-2-6-19(25)7-3-15;1-26-7-6-21-19(25)17-18(24)16-14(11-23-17)9-13(10-22-16)8-12-2-4-15(20)5-3-12/h3-10,14-16H,11-13,17H2,1-2H3,(H,29,32);2-9,11-13H,10,14H2,1H3,(H,28,29);2-5,9-11,24H,6-8H2,1H3,(H,21,25). The lowest BCUT2D eigenvalue weighted by molar-refractivity contribution is 0.0684. The number of ether oxygens (including phenoxy) is 6. The van der Waals surface area contributed by atoms with Gasteiger partial charge in [0.2, 0.25) is 0 Å². The summed E-state index contributed by atoms with van der Waals surface area (Å²) < 4.78 is 71.5. The number of carboxylic acids is 1. The third-order valence-corrected chi connectivity index (χ3v) is 14.1. The van der Waals surface area contributed by atoms with Crippen molar-refractivity contribution in [1.82, 2.24) is 40.5 Å². The van der Waals surface area contributed by atoms with Gasteiger partial charge in [0.1, 0.15) is 58.7 Å². The number of aromatic carboxylic acids is 1. The van der Waals surface area contributed by atoms with Crippen LogP contribution < -0.4 is 29.6 Å². The molecule has 0 saturated carbocycles. The molecular formula is C70H63F3N8O11. The first-order valence-electron chi connectivity index (χ1n) is 28.7. The number of aromatic hydroxyl groups is 1. The Morgan fingerprint density at radius 3 is 1.13 bits per heavy atom. The van der Waals surface area contributed by atoms with E-state index in [1.54, 1.807) is 94.6 Å². The summed E-state index contributed by atoms with van der Waals surface area (Å²) in [6.07, 6.45) is 11.3. The maximum Gasteiger partial charge on any atom is 0.358 e. The predicted octanol–water partition coefficient (Wildman–Crippen LogP) is 11.4. The van der Waals surface area contributed by atoms with Crippen molar-refractivity contribution >= 4 is 50.5 Å². The van der Waals surface area contributed by atoms with E-state index in [0.717, 1.165) is 61.4 Å². The van der Waals surface area contributed by atoms with Crippen molar-refractivity contribution in [3.05, 3.63) is 256 Å². The number of halogens is 3. The summed E-state index contributed by atoms with van der Waals surface area (Å²) in [5, 5.41) is 27.3. The van der Waals surface area contributed by atoms with Gasteiger partial charge in [-0.1, -0.05) is 60.7 Å². The van der Waals surface area contributed by atoms with Crippen LogP contribution in [0.25, 0.3) is 32.7 Å². The van der Waals surface area contributed by atoms with E-state index in [2.05, 4.69) is 40.5 Å². The van der Waals surface area contributed by atoms with Crippen molar-refractivity contribution in [2.45, 2.75) is 32.5 Å². The minimum Gasteiger partial charge on any atom is -0.504 e. The van der Waals surface area contributed by atoms with Gasteiger partial charge in [0, 0.05) is 80.6 Å². The highest BCUT2D eigenvalue weighted by Crippen LogP contribution is 2.32. The van der Waals surface area contributed by atoms with Gasteiger partial charge in [-0.05, 0) is 143 Å². The van der Waals surface area contributed by atoms with E-state index in [-0.39, 0.29) is 65.2 Å². The number of carboxylic acid groups (broad SMARTS) is 1. The van der Waals surface area contributed by atoms with Gasteiger partial charge < -0.3 is 49.3 Å².